The van der Waals surface area contributed by atoms with E-state index in [0.29, 0.717) is 22.5 Å². The Morgan fingerprint density at radius 2 is 2.00 bits per heavy atom. The number of pyridine rings is 1. The second-order valence-corrected chi connectivity index (χ2v) is 7.02. The minimum absolute atomic E-state index is 0.342. The van der Waals surface area contributed by atoms with E-state index in [0.717, 1.165) is 38.2 Å². The Bertz CT molecular complexity index is 889. The highest BCUT2D eigenvalue weighted by Gasteiger charge is 2.21. The van der Waals surface area contributed by atoms with Crippen LogP contribution in [0.25, 0.3) is 5.82 Å². The van der Waals surface area contributed by atoms with Crippen LogP contribution in [0.15, 0.2) is 48.8 Å². The molecular weight excluding hydrogens is 350 g/mol. The largest absolute Gasteiger partial charge is 0.508 e. The van der Waals surface area contributed by atoms with Gasteiger partial charge in [0.05, 0.1) is 16.9 Å². The summed E-state index contributed by atoms with van der Waals surface area (Å²) in [7, 11) is 0. The third-order valence-electron chi connectivity index (χ3n) is 4.81. The van der Waals surface area contributed by atoms with Gasteiger partial charge in [0.1, 0.15) is 5.75 Å². The maximum atomic E-state index is 9.66. The molecule has 0 spiro atoms. The quantitative estimate of drug-likeness (QED) is 0.763. The minimum atomic E-state index is 0.342. The molecule has 1 fully saturated rings. The van der Waals surface area contributed by atoms with Crippen molar-refractivity contribution in [1.29, 1.82) is 0 Å². The molecule has 1 aliphatic heterocycles. The van der Waals surface area contributed by atoms with E-state index >= 15 is 0 Å². The van der Waals surface area contributed by atoms with Crippen molar-refractivity contribution in [3.8, 4) is 11.6 Å². The zero-order valence-corrected chi connectivity index (χ0v) is 15.0. The third-order valence-corrected chi connectivity index (χ3v) is 5.11. The Kier molecular flexibility index (Phi) is 4.86. The molecule has 0 saturated carbocycles. The average molecular weight is 370 g/mol. The number of phenols is 1. The van der Waals surface area contributed by atoms with Crippen LogP contribution in [0.4, 0.5) is 0 Å². The Hall–Kier alpha value is -2.44. The summed E-state index contributed by atoms with van der Waals surface area (Å²) in [5.74, 6) is 1.44. The van der Waals surface area contributed by atoms with Crippen LogP contribution in [0.5, 0.6) is 5.75 Å². The number of rotatable bonds is 4. The number of benzene rings is 1. The van der Waals surface area contributed by atoms with Gasteiger partial charge >= 0.3 is 0 Å². The normalized spacial score (nSPS) is 16.0. The van der Waals surface area contributed by atoms with Gasteiger partial charge in [-0.05, 0) is 61.7 Å². The summed E-state index contributed by atoms with van der Waals surface area (Å²) in [6, 6.07) is 11.2. The molecule has 1 aliphatic rings. The molecule has 3 heterocycles. The highest BCUT2D eigenvalue weighted by Crippen LogP contribution is 2.30. The van der Waals surface area contributed by atoms with Crippen LogP contribution in [-0.2, 0) is 6.54 Å². The van der Waals surface area contributed by atoms with E-state index < -0.39 is 0 Å². The molecule has 0 amide bonds. The van der Waals surface area contributed by atoms with E-state index in [4.69, 9.17) is 11.6 Å². The first-order valence-corrected chi connectivity index (χ1v) is 9.10. The van der Waals surface area contributed by atoms with E-state index in [-0.39, 0.29) is 0 Å². The summed E-state index contributed by atoms with van der Waals surface area (Å²) in [6.45, 7) is 2.76. The summed E-state index contributed by atoms with van der Waals surface area (Å²) in [6.07, 6.45) is 5.72. The Balaban J connectivity index is 1.37. The fourth-order valence-corrected chi connectivity index (χ4v) is 3.66. The van der Waals surface area contributed by atoms with Crippen LogP contribution in [-0.4, -0.2) is 43.1 Å². The lowest BCUT2D eigenvalue weighted by Gasteiger charge is -2.31. The number of hydrogen-bond acceptors (Lipinski definition) is 5. The van der Waals surface area contributed by atoms with Gasteiger partial charge in [-0.2, -0.15) is 0 Å². The van der Waals surface area contributed by atoms with E-state index in [2.05, 4.69) is 26.3 Å². The van der Waals surface area contributed by atoms with Crippen molar-refractivity contribution in [2.45, 2.75) is 25.3 Å². The first-order chi connectivity index (χ1) is 12.7. The molecule has 3 aromatic rings. The Labute approximate surface area is 157 Å². The molecule has 7 heteroatoms. The molecule has 6 nitrogen and oxygen atoms in total. The van der Waals surface area contributed by atoms with Gasteiger partial charge in [0, 0.05) is 12.7 Å². The van der Waals surface area contributed by atoms with Crippen LogP contribution in [0, 0.1) is 0 Å². The topological polar surface area (TPSA) is 67.1 Å². The van der Waals surface area contributed by atoms with Gasteiger partial charge in [0.2, 0.25) is 0 Å². The summed E-state index contributed by atoms with van der Waals surface area (Å²) in [5, 5.41) is 18.6. The maximum absolute atomic E-state index is 9.66. The van der Waals surface area contributed by atoms with Gasteiger partial charge in [-0.15, -0.1) is 5.10 Å². The second-order valence-electron chi connectivity index (χ2n) is 6.61. The highest BCUT2D eigenvalue weighted by atomic mass is 35.5. The lowest BCUT2D eigenvalue weighted by molar-refractivity contribution is 0.202. The number of likely N-dealkylation sites (tertiary alicyclic amines) is 1. The second kappa shape index (κ2) is 7.43. The van der Waals surface area contributed by atoms with Crippen molar-refractivity contribution in [2.24, 2.45) is 0 Å². The third kappa shape index (κ3) is 3.71. The van der Waals surface area contributed by atoms with Gasteiger partial charge in [-0.3, -0.25) is 4.90 Å². The minimum Gasteiger partial charge on any atom is -0.508 e. The molecule has 0 radical (unpaired) electrons. The Morgan fingerprint density at radius 3 is 2.77 bits per heavy atom. The summed E-state index contributed by atoms with van der Waals surface area (Å²) in [4.78, 5) is 6.64. The molecule has 0 bridgehead atoms. The number of phenolic OH excluding ortho intramolecular Hbond substituents is 1. The molecule has 26 heavy (non-hydrogen) atoms. The van der Waals surface area contributed by atoms with E-state index in [1.807, 2.05) is 18.3 Å². The van der Waals surface area contributed by atoms with Crippen LogP contribution in [0.1, 0.15) is 30.0 Å². The Morgan fingerprint density at radius 1 is 1.15 bits per heavy atom. The molecule has 0 aliphatic carbocycles. The van der Waals surface area contributed by atoms with Crippen LogP contribution in [0.2, 0.25) is 5.02 Å². The molecule has 4 rings (SSSR count). The first-order valence-electron chi connectivity index (χ1n) is 8.72. The van der Waals surface area contributed by atoms with E-state index in [1.54, 1.807) is 29.1 Å². The number of aromatic nitrogens is 4. The molecule has 134 valence electrons. The van der Waals surface area contributed by atoms with Gasteiger partial charge in [0.15, 0.2) is 5.82 Å². The standard InChI is InChI=1S/C19H20ClN5O/c20-18-5-2-8-21-19(18)25-13-16(22-23-25)12-24-9-6-14(7-10-24)15-3-1-4-17(26)11-15/h1-5,8,11,13-14,26H,6-7,9-10,12H2. The number of hydrogen-bond donors (Lipinski definition) is 1. The zero-order chi connectivity index (χ0) is 17.9. The SMILES string of the molecule is Oc1cccc(C2CCN(Cc3cn(-c4ncccc4Cl)nn3)CC2)c1. The number of nitrogens with zero attached hydrogens (tertiary/aromatic N) is 5. The molecule has 0 unspecified atom stereocenters. The van der Waals surface area contributed by atoms with Crippen molar-refractivity contribution in [2.75, 3.05) is 13.1 Å². The van der Waals surface area contributed by atoms with Crippen molar-refractivity contribution >= 4 is 11.6 Å². The molecule has 2 aromatic heterocycles. The summed E-state index contributed by atoms with van der Waals surface area (Å²) in [5.41, 5.74) is 2.13. The van der Waals surface area contributed by atoms with Crippen molar-refractivity contribution in [1.82, 2.24) is 24.9 Å². The molecule has 1 N–H and O–H groups in total. The fourth-order valence-electron chi connectivity index (χ4n) is 3.45. The predicted molar refractivity (Wildman–Crippen MR) is 99.5 cm³/mol. The number of piperidine rings is 1. The van der Waals surface area contributed by atoms with Crippen LogP contribution >= 0.6 is 11.6 Å². The van der Waals surface area contributed by atoms with Crippen molar-refractivity contribution < 1.29 is 5.11 Å². The summed E-state index contributed by atoms with van der Waals surface area (Å²) < 4.78 is 1.62. The maximum Gasteiger partial charge on any atom is 0.173 e. The van der Waals surface area contributed by atoms with Gasteiger partial charge < -0.3 is 5.11 Å². The number of halogens is 1. The first kappa shape index (κ1) is 17.0. The zero-order valence-electron chi connectivity index (χ0n) is 14.3. The molecule has 1 saturated heterocycles. The lowest BCUT2D eigenvalue weighted by atomic mass is 9.89. The van der Waals surface area contributed by atoms with E-state index in [1.165, 1.54) is 5.56 Å². The number of aromatic hydroxyl groups is 1. The lowest BCUT2D eigenvalue weighted by Crippen LogP contribution is -2.32. The van der Waals surface area contributed by atoms with Crippen molar-refractivity contribution in [3.63, 3.8) is 0 Å². The van der Waals surface area contributed by atoms with Crippen LogP contribution < -0.4 is 0 Å². The average Bonchev–Trinajstić information content (AvgIpc) is 3.11. The predicted octanol–water partition coefficient (Wildman–Crippen LogP) is 3.40. The van der Waals surface area contributed by atoms with E-state index in [9.17, 15) is 5.11 Å². The smallest absolute Gasteiger partial charge is 0.173 e. The highest BCUT2D eigenvalue weighted by molar-refractivity contribution is 6.32. The van der Waals surface area contributed by atoms with Gasteiger partial charge in [-0.1, -0.05) is 28.9 Å². The fraction of sp³-hybridized carbons (Fsp3) is 0.316. The van der Waals surface area contributed by atoms with Gasteiger partial charge in [-0.25, -0.2) is 9.67 Å². The van der Waals surface area contributed by atoms with Crippen LogP contribution in [0.3, 0.4) is 0 Å². The summed E-state index contributed by atoms with van der Waals surface area (Å²) >= 11 is 6.17. The molecule has 0 atom stereocenters. The monoisotopic (exact) mass is 369 g/mol. The van der Waals surface area contributed by atoms with Crippen molar-refractivity contribution in [3.05, 3.63) is 65.1 Å². The molecule has 1 aromatic carbocycles. The molecular formula is C19H20ClN5O. The van der Waals surface area contributed by atoms with Gasteiger partial charge in [0.25, 0.3) is 0 Å².